The van der Waals surface area contributed by atoms with E-state index in [2.05, 4.69) is 10.1 Å². The number of ether oxygens (including phenoxy) is 1. The minimum Gasteiger partial charge on any atom is -0.468 e. The number of piperidine rings is 1. The summed E-state index contributed by atoms with van der Waals surface area (Å²) in [6.07, 6.45) is 1.25. The fourth-order valence-electron chi connectivity index (χ4n) is 1.39. The molecule has 1 fully saturated rings. The van der Waals surface area contributed by atoms with Gasteiger partial charge in [-0.2, -0.15) is 0 Å². The van der Waals surface area contributed by atoms with Crippen molar-refractivity contribution >= 4 is 22.8 Å². The van der Waals surface area contributed by atoms with Gasteiger partial charge in [-0.3, -0.25) is 9.59 Å². The van der Waals surface area contributed by atoms with Gasteiger partial charge in [0.25, 0.3) is 0 Å². The average molecular weight is 206 g/mol. The van der Waals surface area contributed by atoms with Crippen LogP contribution >= 0.6 is 11.6 Å². The number of nitrogens with one attached hydrogen (secondary N) is 1. The Morgan fingerprint density at radius 3 is 2.54 bits per heavy atom. The molecule has 0 amide bonds. The summed E-state index contributed by atoms with van der Waals surface area (Å²) >= 11 is 5.32. The van der Waals surface area contributed by atoms with Crippen LogP contribution in [0.5, 0.6) is 0 Å². The SMILES string of the molecule is COC(=O)C1CCC(C(=O)Cl)CN1. The van der Waals surface area contributed by atoms with Crippen LogP contribution in [0.1, 0.15) is 12.8 Å². The lowest BCUT2D eigenvalue weighted by Gasteiger charge is -2.25. The molecule has 74 valence electrons. The summed E-state index contributed by atoms with van der Waals surface area (Å²) in [5.74, 6) is -0.442. The third-order valence-corrected chi connectivity index (χ3v) is 2.53. The van der Waals surface area contributed by atoms with Crippen LogP contribution in [0.25, 0.3) is 0 Å². The van der Waals surface area contributed by atoms with E-state index in [1.54, 1.807) is 0 Å². The van der Waals surface area contributed by atoms with Crippen molar-refractivity contribution in [1.29, 1.82) is 0 Å². The fraction of sp³-hybridized carbons (Fsp3) is 0.750. The average Bonchev–Trinajstić information content (AvgIpc) is 2.17. The van der Waals surface area contributed by atoms with Crippen molar-refractivity contribution < 1.29 is 14.3 Å². The van der Waals surface area contributed by atoms with Gasteiger partial charge in [0.05, 0.1) is 7.11 Å². The molecule has 0 aliphatic carbocycles. The number of methoxy groups -OCH3 is 1. The van der Waals surface area contributed by atoms with Crippen LogP contribution in [0.3, 0.4) is 0 Å². The molecule has 0 saturated carbocycles. The number of carbonyl (C=O) groups excluding carboxylic acids is 2. The molecule has 0 aromatic rings. The normalized spacial score (nSPS) is 28.2. The zero-order valence-electron chi connectivity index (χ0n) is 7.38. The van der Waals surface area contributed by atoms with Crippen molar-refractivity contribution in [3.05, 3.63) is 0 Å². The number of rotatable bonds is 2. The zero-order valence-corrected chi connectivity index (χ0v) is 8.13. The van der Waals surface area contributed by atoms with E-state index in [-0.39, 0.29) is 23.2 Å². The van der Waals surface area contributed by atoms with E-state index < -0.39 is 0 Å². The number of carbonyl (C=O) groups is 2. The lowest BCUT2D eigenvalue weighted by atomic mass is 9.96. The monoisotopic (exact) mass is 205 g/mol. The van der Waals surface area contributed by atoms with Gasteiger partial charge in [0.1, 0.15) is 6.04 Å². The quantitative estimate of drug-likeness (QED) is 0.520. The molecule has 2 unspecified atom stereocenters. The Labute approximate surface area is 81.6 Å². The Morgan fingerprint density at radius 2 is 2.15 bits per heavy atom. The lowest BCUT2D eigenvalue weighted by Crippen LogP contribution is -2.45. The number of esters is 1. The molecule has 0 radical (unpaired) electrons. The topological polar surface area (TPSA) is 55.4 Å². The van der Waals surface area contributed by atoms with Gasteiger partial charge in [-0.25, -0.2) is 0 Å². The second-order valence-electron chi connectivity index (χ2n) is 3.06. The van der Waals surface area contributed by atoms with E-state index >= 15 is 0 Å². The van der Waals surface area contributed by atoms with Crippen LogP contribution in [0.2, 0.25) is 0 Å². The molecule has 1 rings (SSSR count). The van der Waals surface area contributed by atoms with Crippen LogP contribution in [-0.4, -0.2) is 30.9 Å². The summed E-state index contributed by atoms with van der Waals surface area (Å²) in [5.41, 5.74) is 0. The molecule has 0 aromatic carbocycles. The summed E-state index contributed by atoms with van der Waals surface area (Å²) in [6, 6.07) is -0.280. The maximum Gasteiger partial charge on any atom is 0.322 e. The first kappa shape index (κ1) is 10.5. The minimum absolute atomic E-state index is 0.164. The third kappa shape index (κ3) is 2.67. The van der Waals surface area contributed by atoms with Crippen molar-refractivity contribution in [3.8, 4) is 0 Å². The molecular formula is C8H12ClNO3. The van der Waals surface area contributed by atoms with Gasteiger partial charge < -0.3 is 10.1 Å². The molecule has 13 heavy (non-hydrogen) atoms. The molecule has 0 spiro atoms. The van der Waals surface area contributed by atoms with E-state index in [0.29, 0.717) is 19.4 Å². The third-order valence-electron chi connectivity index (χ3n) is 2.22. The molecule has 1 saturated heterocycles. The molecule has 1 N–H and O–H groups in total. The second-order valence-corrected chi connectivity index (χ2v) is 3.43. The number of hydrogen-bond donors (Lipinski definition) is 1. The summed E-state index contributed by atoms with van der Waals surface area (Å²) in [6.45, 7) is 0.460. The first-order chi connectivity index (χ1) is 6.15. The van der Waals surface area contributed by atoms with Crippen molar-refractivity contribution in [1.82, 2.24) is 5.32 Å². The van der Waals surface area contributed by atoms with Gasteiger partial charge in [-0.1, -0.05) is 0 Å². The summed E-state index contributed by atoms with van der Waals surface area (Å²) in [4.78, 5) is 21.8. The van der Waals surface area contributed by atoms with Crippen molar-refractivity contribution in [2.75, 3.05) is 13.7 Å². The summed E-state index contributed by atoms with van der Waals surface area (Å²) < 4.78 is 4.57. The van der Waals surface area contributed by atoms with Gasteiger partial charge in [0.15, 0.2) is 0 Å². The molecular weight excluding hydrogens is 194 g/mol. The smallest absolute Gasteiger partial charge is 0.322 e. The minimum atomic E-state index is -0.337. The van der Waals surface area contributed by atoms with E-state index in [1.165, 1.54) is 7.11 Å². The molecule has 4 nitrogen and oxygen atoms in total. The molecule has 1 aliphatic heterocycles. The predicted molar refractivity (Wildman–Crippen MR) is 47.4 cm³/mol. The Bertz CT molecular complexity index is 211. The molecule has 0 aromatic heterocycles. The molecule has 5 heteroatoms. The van der Waals surface area contributed by atoms with Crippen LogP contribution in [0.4, 0.5) is 0 Å². The fourth-order valence-corrected chi connectivity index (χ4v) is 1.58. The lowest BCUT2D eigenvalue weighted by molar-refractivity contribution is -0.144. The van der Waals surface area contributed by atoms with E-state index in [0.717, 1.165) is 0 Å². The Balaban J connectivity index is 2.39. The second kappa shape index (κ2) is 4.58. The molecule has 1 heterocycles. The van der Waals surface area contributed by atoms with Crippen LogP contribution in [-0.2, 0) is 14.3 Å². The maximum absolute atomic E-state index is 11.0. The standard InChI is InChI=1S/C8H12ClNO3/c1-13-8(12)6-3-2-5(4-10-6)7(9)11/h5-6,10H,2-4H2,1H3. The van der Waals surface area contributed by atoms with E-state index in [4.69, 9.17) is 11.6 Å². The summed E-state index contributed by atoms with van der Waals surface area (Å²) in [7, 11) is 1.35. The highest BCUT2D eigenvalue weighted by molar-refractivity contribution is 6.64. The van der Waals surface area contributed by atoms with Crippen LogP contribution in [0, 0.1) is 5.92 Å². The number of hydrogen-bond acceptors (Lipinski definition) is 4. The van der Waals surface area contributed by atoms with Crippen molar-refractivity contribution in [2.24, 2.45) is 5.92 Å². The first-order valence-corrected chi connectivity index (χ1v) is 4.53. The van der Waals surface area contributed by atoms with Gasteiger partial charge in [0.2, 0.25) is 5.24 Å². The molecule has 1 aliphatic rings. The Kier molecular flexibility index (Phi) is 3.69. The van der Waals surface area contributed by atoms with Gasteiger partial charge in [-0.05, 0) is 24.4 Å². The van der Waals surface area contributed by atoms with Crippen LogP contribution in [0.15, 0.2) is 0 Å². The Hall–Kier alpha value is -0.610. The highest BCUT2D eigenvalue weighted by Crippen LogP contribution is 2.17. The van der Waals surface area contributed by atoms with Crippen molar-refractivity contribution in [2.45, 2.75) is 18.9 Å². The first-order valence-electron chi connectivity index (χ1n) is 4.15. The molecule has 0 bridgehead atoms. The van der Waals surface area contributed by atoms with E-state index in [1.807, 2.05) is 0 Å². The van der Waals surface area contributed by atoms with Gasteiger partial charge in [0, 0.05) is 12.5 Å². The highest BCUT2D eigenvalue weighted by Gasteiger charge is 2.28. The van der Waals surface area contributed by atoms with Crippen LogP contribution < -0.4 is 5.32 Å². The summed E-state index contributed by atoms with van der Waals surface area (Å²) in [5, 5.41) is 2.58. The Morgan fingerprint density at radius 1 is 1.46 bits per heavy atom. The van der Waals surface area contributed by atoms with Crippen molar-refractivity contribution in [3.63, 3.8) is 0 Å². The number of halogens is 1. The zero-order chi connectivity index (χ0) is 9.84. The van der Waals surface area contributed by atoms with Gasteiger partial charge in [-0.15, -0.1) is 0 Å². The highest BCUT2D eigenvalue weighted by atomic mass is 35.5. The van der Waals surface area contributed by atoms with Gasteiger partial charge >= 0.3 is 5.97 Å². The largest absolute Gasteiger partial charge is 0.468 e. The predicted octanol–water partition coefficient (Wildman–Crippen LogP) is 0.293. The van der Waals surface area contributed by atoms with E-state index in [9.17, 15) is 9.59 Å². The maximum atomic E-state index is 11.0. The molecule has 2 atom stereocenters.